The molecule has 8 nitrogen and oxygen atoms in total. The van der Waals surface area contributed by atoms with Gasteiger partial charge in [-0.2, -0.15) is 21.6 Å². The summed E-state index contributed by atoms with van der Waals surface area (Å²) in [6.07, 6.45) is -1.25. The van der Waals surface area contributed by atoms with E-state index in [1.807, 2.05) is 0 Å². The van der Waals surface area contributed by atoms with Crippen molar-refractivity contribution in [2.75, 3.05) is 0 Å². The van der Waals surface area contributed by atoms with Gasteiger partial charge in [0.2, 0.25) is 0 Å². The Bertz CT molecular complexity index is 1110. The molecule has 1 amide bonds. The van der Waals surface area contributed by atoms with Crippen LogP contribution >= 0.6 is 0 Å². The first kappa shape index (κ1) is 27.0. The number of rotatable bonds is 8. The number of carbonyl (C=O) groups is 2. The lowest BCUT2D eigenvalue weighted by molar-refractivity contribution is -0.149. The van der Waals surface area contributed by atoms with Crippen LogP contribution in [0.15, 0.2) is 54.6 Å². The fraction of sp³-hybridized carbons (Fsp3) is 0.364. The summed E-state index contributed by atoms with van der Waals surface area (Å²) in [5, 5.41) is 12.5. The molecule has 2 N–H and O–H groups in total. The zero-order chi connectivity index (χ0) is 25.8. The Balaban J connectivity index is 2.24. The number of amides is 1. The van der Waals surface area contributed by atoms with Gasteiger partial charge >= 0.3 is 27.7 Å². The van der Waals surface area contributed by atoms with Crippen LogP contribution in [0.25, 0.3) is 0 Å². The van der Waals surface area contributed by atoms with Crippen molar-refractivity contribution in [2.45, 2.75) is 44.8 Å². The summed E-state index contributed by atoms with van der Waals surface area (Å²) < 4.78 is 69.0. The number of aliphatic carboxylic acids is 1. The van der Waals surface area contributed by atoms with E-state index in [1.54, 1.807) is 51.1 Å². The number of alkyl halides is 3. The summed E-state index contributed by atoms with van der Waals surface area (Å²) in [6.45, 7) is 4.68. The fourth-order valence-electron chi connectivity index (χ4n) is 3.02. The molecule has 0 aliphatic heterocycles. The van der Waals surface area contributed by atoms with Crippen molar-refractivity contribution in [1.82, 2.24) is 5.32 Å². The van der Waals surface area contributed by atoms with Gasteiger partial charge in [0.1, 0.15) is 17.9 Å². The third-order valence-corrected chi connectivity index (χ3v) is 6.03. The smallest absolute Gasteiger partial charge is 0.479 e. The molecule has 0 saturated heterocycles. The molecule has 186 valence electrons. The number of ether oxygens (including phenoxy) is 1. The van der Waals surface area contributed by atoms with Crippen LogP contribution in [0.3, 0.4) is 0 Å². The van der Waals surface area contributed by atoms with Gasteiger partial charge < -0.3 is 19.3 Å². The molecule has 0 aromatic heterocycles. The number of halogens is 3. The molecule has 0 spiro atoms. The van der Waals surface area contributed by atoms with Crippen LogP contribution in [-0.2, 0) is 32.7 Å². The van der Waals surface area contributed by atoms with E-state index >= 15 is 0 Å². The normalized spacial score (nSPS) is 14.1. The van der Waals surface area contributed by atoms with Crippen molar-refractivity contribution in [3.05, 3.63) is 65.7 Å². The average Bonchev–Trinajstić information content (AvgIpc) is 2.72. The second-order valence-corrected chi connectivity index (χ2v) is 9.99. The van der Waals surface area contributed by atoms with Gasteiger partial charge in [-0.15, -0.1) is 0 Å². The molecule has 34 heavy (non-hydrogen) atoms. The van der Waals surface area contributed by atoms with E-state index in [4.69, 9.17) is 4.74 Å². The largest absolute Gasteiger partial charge is 0.534 e. The van der Waals surface area contributed by atoms with Crippen molar-refractivity contribution in [3.8, 4) is 5.75 Å². The number of hydrogen-bond donors (Lipinski definition) is 2. The van der Waals surface area contributed by atoms with Crippen molar-refractivity contribution < 1.29 is 45.2 Å². The highest BCUT2D eigenvalue weighted by molar-refractivity contribution is 7.88. The molecule has 1 atom stereocenters. The van der Waals surface area contributed by atoms with Gasteiger partial charge in [-0.1, -0.05) is 63.2 Å². The first-order chi connectivity index (χ1) is 15.6. The monoisotopic (exact) mass is 503 g/mol. The van der Waals surface area contributed by atoms with E-state index in [-0.39, 0.29) is 18.6 Å². The van der Waals surface area contributed by atoms with Crippen molar-refractivity contribution in [2.24, 2.45) is 5.41 Å². The van der Waals surface area contributed by atoms with Crippen LogP contribution in [0.2, 0.25) is 0 Å². The summed E-state index contributed by atoms with van der Waals surface area (Å²) >= 11 is 0. The molecular weight excluding hydrogens is 479 g/mol. The molecule has 2 aromatic carbocycles. The lowest BCUT2D eigenvalue weighted by Crippen LogP contribution is -2.63. The van der Waals surface area contributed by atoms with Gasteiger partial charge in [0, 0.05) is 6.42 Å². The van der Waals surface area contributed by atoms with Gasteiger partial charge in [-0.05, 0) is 28.7 Å². The Morgan fingerprint density at radius 3 is 1.97 bits per heavy atom. The van der Waals surface area contributed by atoms with Crippen molar-refractivity contribution in [1.29, 1.82) is 0 Å². The van der Waals surface area contributed by atoms with Gasteiger partial charge in [-0.3, -0.25) is 0 Å². The predicted molar refractivity (Wildman–Crippen MR) is 115 cm³/mol. The first-order valence-corrected chi connectivity index (χ1v) is 11.3. The molecule has 0 unspecified atom stereocenters. The van der Waals surface area contributed by atoms with Gasteiger partial charge in [0.15, 0.2) is 0 Å². The number of carboxylic acids is 1. The van der Waals surface area contributed by atoms with Gasteiger partial charge in [0.25, 0.3) is 0 Å². The Labute approximate surface area is 194 Å². The molecule has 2 aromatic rings. The molecule has 0 heterocycles. The second-order valence-electron chi connectivity index (χ2n) is 8.45. The second kappa shape index (κ2) is 9.92. The first-order valence-electron chi connectivity index (χ1n) is 9.89. The molecule has 0 radical (unpaired) electrons. The number of nitrogens with one attached hydrogen (secondary N) is 1. The van der Waals surface area contributed by atoms with E-state index in [0.29, 0.717) is 5.56 Å². The zero-order valence-corrected chi connectivity index (χ0v) is 19.4. The van der Waals surface area contributed by atoms with Crippen LogP contribution < -0.4 is 9.50 Å². The molecule has 0 bridgehead atoms. The minimum absolute atomic E-state index is 0.0910. The highest BCUT2D eigenvalue weighted by Gasteiger charge is 2.51. The maximum absolute atomic E-state index is 12.5. The summed E-state index contributed by atoms with van der Waals surface area (Å²) in [5.74, 6) is -1.97. The Morgan fingerprint density at radius 1 is 0.941 bits per heavy atom. The third kappa shape index (κ3) is 6.40. The fourth-order valence-corrected chi connectivity index (χ4v) is 3.48. The van der Waals surface area contributed by atoms with Crippen LogP contribution in [0, 0.1) is 5.41 Å². The van der Waals surface area contributed by atoms with Crippen molar-refractivity contribution in [3.63, 3.8) is 0 Å². The highest BCUT2D eigenvalue weighted by Crippen LogP contribution is 2.35. The molecule has 2 rings (SSSR count). The van der Waals surface area contributed by atoms with E-state index in [1.165, 1.54) is 12.1 Å². The number of hydrogen-bond acceptors (Lipinski definition) is 6. The molecule has 0 aliphatic rings. The predicted octanol–water partition coefficient (Wildman–Crippen LogP) is 4.25. The number of benzene rings is 2. The summed E-state index contributed by atoms with van der Waals surface area (Å²) in [5.41, 5.74) is -7.53. The molecule has 0 aliphatic carbocycles. The Morgan fingerprint density at radius 2 is 1.50 bits per heavy atom. The summed E-state index contributed by atoms with van der Waals surface area (Å²) in [4.78, 5) is 24.8. The summed E-state index contributed by atoms with van der Waals surface area (Å²) in [6, 6.07) is 13.1. The standard InChI is InChI=1S/C22H24F3NO7S/c1-20(2,3)21(18(27)28,26-19(29)32-14-16-7-5-4-6-8-16)13-15-9-11-17(12-10-15)33-34(30,31)22(23,24)25/h4-12H,13-14H2,1-3H3,(H,26,29)(H,27,28)/t21-/m1/s1. The van der Waals surface area contributed by atoms with E-state index < -0.39 is 44.4 Å². The zero-order valence-electron chi connectivity index (χ0n) is 18.5. The molecule has 0 saturated carbocycles. The number of alkyl carbamates (subject to hydrolysis) is 1. The van der Waals surface area contributed by atoms with Crippen LogP contribution in [0.5, 0.6) is 5.75 Å². The lowest BCUT2D eigenvalue weighted by Gasteiger charge is -2.41. The van der Waals surface area contributed by atoms with Gasteiger partial charge in [0.05, 0.1) is 0 Å². The van der Waals surface area contributed by atoms with Gasteiger partial charge in [-0.25, -0.2) is 9.59 Å². The third-order valence-electron chi connectivity index (χ3n) is 5.06. The molecule has 12 heteroatoms. The summed E-state index contributed by atoms with van der Waals surface area (Å²) in [7, 11) is -5.85. The lowest BCUT2D eigenvalue weighted by atomic mass is 9.70. The quantitative estimate of drug-likeness (QED) is 0.408. The maximum Gasteiger partial charge on any atom is 0.534 e. The molecule has 0 fully saturated rings. The number of carboxylic acid groups (broad SMARTS) is 1. The minimum Gasteiger partial charge on any atom is -0.479 e. The maximum atomic E-state index is 12.5. The Kier molecular flexibility index (Phi) is 7.87. The number of carbonyl (C=O) groups excluding carboxylic acids is 1. The minimum atomic E-state index is -5.85. The molecular formula is C22H24F3NO7S. The Hall–Kier alpha value is -3.28. The van der Waals surface area contributed by atoms with Crippen LogP contribution in [0.1, 0.15) is 31.9 Å². The topological polar surface area (TPSA) is 119 Å². The highest BCUT2D eigenvalue weighted by atomic mass is 32.2. The van der Waals surface area contributed by atoms with E-state index in [2.05, 4.69) is 9.50 Å². The van der Waals surface area contributed by atoms with E-state index in [9.17, 15) is 36.3 Å². The van der Waals surface area contributed by atoms with E-state index in [0.717, 1.165) is 12.1 Å². The SMILES string of the molecule is CC(C)(C)[C@](Cc1ccc(OS(=O)(=O)C(F)(F)F)cc1)(NC(=O)OCc1ccccc1)C(=O)O. The van der Waals surface area contributed by atoms with Crippen LogP contribution in [-0.4, -0.2) is 36.6 Å². The van der Waals surface area contributed by atoms with Crippen LogP contribution in [0.4, 0.5) is 18.0 Å². The average molecular weight is 503 g/mol. The van der Waals surface area contributed by atoms with Crippen molar-refractivity contribution >= 4 is 22.2 Å².